The maximum Gasteiger partial charge on any atom is 0.291 e. The van der Waals surface area contributed by atoms with Gasteiger partial charge in [-0.15, -0.1) is 0 Å². The fourth-order valence-electron chi connectivity index (χ4n) is 1.74. The highest BCUT2D eigenvalue weighted by molar-refractivity contribution is 5.92. The standard InChI is InChI=1S/C10H15N3O/c1-3-4-5-12-7-13-6-8(2)11-9(13)10(12)14/h6H,3-5,7H2,1-2H3. The van der Waals surface area contributed by atoms with Gasteiger partial charge in [0.25, 0.3) is 5.91 Å². The highest BCUT2D eigenvalue weighted by atomic mass is 16.2. The predicted molar refractivity (Wildman–Crippen MR) is 52.9 cm³/mol. The maximum atomic E-state index is 11.8. The van der Waals surface area contributed by atoms with Gasteiger partial charge in [-0.1, -0.05) is 13.3 Å². The lowest BCUT2D eigenvalue weighted by Gasteiger charge is -2.13. The lowest BCUT2D eigenvalue weighted by molar-refractivity contribution is 0.0763. The zero-order valence-electron chi connectivity index (χ0n) is 8.66. The number of hydrogen-bond acceptors (Lipinski definition) is 2. The molecule has 0 bridgehead atoms. The van der Waals surface area contributed by atoms with Crippen LogP contribution in [0.5, 0.6) is 0 Å². The van der Waals surface area contributed by atoms with E-state index in [-0.39, 0.29) is 5.91 Å². The van der Waals surface area contributed by atoms with Crippen molar-refractivity contribution in [1.82, 2.24) is 14.5 Å². The number of carbonyl (C=O) groups excluding carboxylic acids is 1. The Morgan fingerprint density at radius 2 is 2.36 bits per heavy atom. The lowest BCUT2D eigenvalue weighted by atomic mass is 10.3. The van der Waals surface area contributed by atoms with Gasteiger partial charge in [-0.3, -0.25) is 4.79 Å². The topological polar surface area (TPSA) is 38.1 Å². The average molecular weight is 193 g/mol. The Morgan fingerprint density at radius 1 is 1.57 bits per heavy atom. The minimum Gasteiger partial charge on any atom is -0.318 e. The van der Waals surface area contributed by atoms with Crippen LogP contribution in [0.3, 0.4) is 0 Å². The van der Waals surface area contributed by atoms with Crippen LogP contribution in [0.15, 0.2) is 6.20 Å². The van der Waals surface area contributed by atoms with Crippen LogP contribution in [0.25, 0.3) is 0 Å². The van der Waals surface area contributed by atoms with Gasteiger partial charge in [0.2, 0.25) is 5.82 Å². The van der Waals surface area contributed by atoms with Crippen molar-refractivity contribution >= 4 is 5.91 Å². The molecule has 0 spiro atoms. The molecule has 0 unspecified atom stereocenters. The molecule has 1 aliphatic rings. The van der Waals surface area contributed by atoms with Crippen molar-refractivity contribution in [3.8, 4) is 0 Å². The van der Waals surface area contributed by atoms with Crippen molar-refractivity contribution in [2.24, 2.45) is 0 Å². The zero-order chi connectivity index (χ0) is 10.1. The summed E-state index contributed by atoms with van der Waals surface area (Å²) in [7, 11) is 0. The second kappa shape index (κ2) is 3.44. The summed E-state index contributed by atoms with van der Waals surface area (Å²) in [6.45, 7) is 5.56. The predicted octanol–water partition coefficient (Wildman–Crippen LogP) is 1.40. The summed E-state index contributed by atoms with van der Waals surface area (Å²) in [6.07, 6.45) is 4.11. The highest BCUT2D eigenvalue weighted by Crippen LogP contribution is 2.15. The van der Waals surface area contributed by atoms with E-state index in [0.29, 0.717) is 12.5 Å². The third-order valence-corrected chi connectivity index (χ3v) is 2.48. The summed E-state index contributed by atoms with van der Waals surface area (Å²) in [6, 6.07) is 0. The van der Waals surface area contributed by atoms with E-state index >= 15 is 0 Å². The number of hydrogen-bond donors (Lipinski definition) is 0. The molecule has 2 rings (SSSR count). The molecule has 0 saturated heterocycles. The number of nitrogens with zero attached hydrogens (tertiary/aromatic N) is 3. The summed E-state index contributed by atoms with van der Waals surface area (Å²) >= 11 is 0. The van der Waals surface area contributed by atoms with Crippen LogP contribution in [0, 0.1) is 6.92 Å². The third-order valence-electron chi connectivity index (χ3n) is 2.48. The Morgan fingerprint density at radius 3 is 3.00 bits per heavy atom. The molecule has 1 aromatic heterocycles. The molecular weight excluding hydrogens is 178 g/mol. The van der Waals surface area contributed by atoms with Gasteiger partial charge in [-0.25, -0.2) is 4.98 Å². The number of unbranched alkanes of at least 4 members (excludes halogenated alkanes) is 1. The Labute approximate surface area is 83.5 Å². The Bertz CT molecular complexity index is 356. The van der Waals surface area contributed by atoms with Gasteiger partial charge in [-0.05, 0) is 13.3 Å². The number of aromatic nitrogens is 2. The van der Waals surface area contributed by atoms with Gasteiger partial charge >= 0.3 is 0 Å². The number of amides is 1. The summed E-state index contributed by atoms with van der Waals surface area (Å²) in [5.41, 5.74) is 0.920. The molecule has 0 fully saturated rings. The maximum absolute atomic E-state index is 11.8. The summed E-state index contributed by atoms with van der Waals surface area (Å²) in [4.78, 5) is 17.8. The Hall–Kier alpha value is -1.32. The van der Waals surface area contributed by atoms with Crippen LogP contribution in [-0.4, -0.2) is 26.9 Å². The SMILES string of the molecule is CCCCN1Cn2cc(C)nc2C1=O. The second-order valence-corrected chi connectivity index (χ2v) is 3.74. The third kappa shape index (κ3) is 1.41. The molecule has 1 aromatic rings. The monoisotopic (exact) mass is 193 g/mol. The Kier molecular flexibility index (Phi) is 2.27. The van der Waals surface area contributed by atoms with Gasteiger partial charge in [0.1, 0.15) is 0 Å². The summed E-state index contributed by atoms with van der Waals surface area (Å²) in [5.74, 6) is 0.671. The smallest absolute Gasteiger partial charge is 0.291 e. The molecular formula is C10H15N3O. The molecule has 1 aliphatic heterocycles. The molecule has 0 atom stereocenters. The van der Waals surface area contributed by atoms with Crippen LogP contribution in [-0.2, 0) is 6.67 Å². The molecule has 2 heterocycles. The summed E-state index contributed by atoms with van der Waals surface area (Å²) < 4.78 is 1.92. The first-order chi connectivity index (χ1) is 6.72. The lowest BCUT2D eigenvalue weighted by Crippen LogP contribution is -2.25. The molecule has 1 amide bonds. The van der Waals surface area contributed by atoms with Crippen LogP contribution in [0.1, 0.15) is 36.1 Å². The molecule has 4 nitrogen and oxygen atoms in total. The van der Waals surface area contributed by atoms with Crippen molar-refractivity contribution < 1.29 is 4.79 Å². The van der Waals surface area contributed by atoms with E-state index in [2.05, 4.69) is 11.9 Å². The van der Waals surface area contributed by atoms with E-state index in [9.17, 15) is 4.79 Å². The molecule has 0 aromatic carbocycles. The van der Waals surface area contributed by atoms with Crippen molar-refractivity contribution in [2.45, 2.75) is 33.4 Å². The number of imidazole rings is 1. The van der Waals surface area contributed by atoms with Gasteiger partial charge in [0, 0.05) is 12.7 Å². The van der Waals surface area contributed by atoms with Gasteiger partial charge in [0.05, 0.1) is 12.4 Å². The molecule has 0 radical (unpaired) electrons. The van der Waals surface area contributed by atoms with E-state index in [0.717, 1.165) is 25.1 Å². The van der Waals surface area contributed by atoms with Crippen LogP contribution < -0.4 is 0 Å². The van der Waals surface area contributed by atoms with Crippen molar-refractivity contribution in [3.05, 3.63) is 17.7 Å². The van der Waals surface area contributed by atoms with E-state index in [4.69, 9.17) is 0 Å². The normalized spacial score (nSPS) is 15.0. The number of carbonyl (C=O) groups is 1. The van der Waals surface area contributed by atoms with E-state index in [1.54, 1.807) is 0 Å². The fraction of sp³-hybridized carbons (Fsp3) is 0.600. The first-order valence-electron chi connectivity index (χ1n) is 5.05. The van der Waals surface area contributed by atoms with Gasteiger partial charge in [0.15, 0.2) is 0 Å². The van der Waals surface area contributed by atoms with Crippen LogP contribution in [0.4, 0.5) is 0 Å². The van der Waals surface area contributed by atoms with E-state index in [1.165, 1.54) is 0 Å². The number of aryl methyl sites for hydroxylation is 1. The molecule has 76 valence electrons. The highest BCUT2D eigenvalue weighted by Gasteiger charge is 2.28. The molecule has 0 saturated carbocycles. The second-order valence-electron chi connectivity index (χ2n) is 3.74. The molecule has 4 heteroatoms. The van der Waals surface area contributed by atoms with Crippen LogP contribution >= 0.6 is 0 Å². The minimum atomic E-state index is 0.0755. The van der Waals surface area contributed by atoms with Gasteiger partial charge < -0.3 is 9.47 Å². The van der Waals surface area contributed by atoms with Crippen molar-refractivity contribution in [2.75, 3.05) is 6.54 Å². The zero-order valence-corrected chi connectivity index (χ0v) is 8.66. The quantitative estimate of drug-likeness (QED) is 0.727. The molecule has 14 heavy (non-hydrogen) atoms. The number of fused-ring (bicyclic) bond motifs is 1. The minimum absolute atomic E-state index is 0.0755. The Balaban J connectivity index is 2.11. The van der Waals surface area contributed by atoms with Crippen molar-refractivity contribution in [1.29, 1.82) is 0 Å². The van der Waals surface area contributed by atoms with Crippen molar-refractivity contribution in [3.63, 3.8) is 0 Å². The fourth-order valence-corrected chi connectivity index (χ4v) is 1.74. The largest absolute Gasteiger partial charge is 0.318 e. The van der Waals surface area contributed by atoms with E-state index in [1.807, 2.05) is 22.6 Å². The van der Waals surface area contributed by atoms with Gasteiger partial charge in [-0.2, -0.15) is 0 Å². The van der Waals surface area contributed by atoms with Crippen LogP contribution in [0.2, 0.25) is 0 Å². The first kappa shape index (κ1) is 9.24. The number of rotatable bonds is 3. The molecule has 0 aliphatic carbocycles. The first-order valence-corrected chi connectivity index (χ1v) is 5.05. The molecule has 0 N–H and O–H groups in total. The van der Waals surface area contributed by atoms with E-state index < -0.39 is 0 Å². The summed E-state index contributed by atoms with van der Waals surface area (Å²) in [5, 5.41) is 0. The average Bonchev–Trinajstić information content (AvgIpc) is 2.63.